The lowest BCUT2D eigenvalue weighted by Crippen LogP contribution is -2.19. The third kappa shape index (κ3) is 3.75. The second-order valence-corrected chi connectivity index (χ2v) is 6.73. The van der Waals surface area contributed by atoms with Gasteiger partial charge in [0, 0.05) is 0 Å². The second kappa shape index (κ2) is 6.76. The van der Waals surface area contributed by atoms with Crippen molar-refractivity contribution >= 4 is 45.4 Å². The third-order valence-electron chi connectivity index (χ3n) is 2.74. The van der Waals surface area contributed by atoms with Gasteiger partial charge in [0.25, 0.3) is 5.91 Å². The van der Waals surface area contributed by atoms with Crippen molar-refractivity contribution in [1.82, 2.24) is 10.4 Å². The number of para-hydroxylation sites is 1. The predicted molar refractivity (Wildman–Crippen MR) is 89.5 cm³/mol. The van der Waals surface area contributed by atoms with E-state index < -0.39 is 0 Å². The molecule has 0 spiro atoms. The number of benzene rings is 1. The Kier molecular flexibility index (Phi) is 4.55. The average Bonchev–Trinajstić information content (AvgIpc) is 3.11. The van der Waals surface area contributed by atoms with Gasteiger partial charge in [0.15, 0.2) is 4.34 Å². The van der Waals surface area contributed by atoms with E-state index in [1.807, 2.05) is 37.3 Å². The Bertz CT molecular complexity index is 790. The minimum Gasteiger partial charge on any atom is -0.460 e. The maximum absolute atomic E-state index is 11.7. The topological polar surface area (TPSA) is 67.5 Å². The number of amides is 1. The first-order chi connectivity index (χ1) is 10.7. The molecule has 1 amide bonds. The first kappa shape index (κ1) is 14.8. The molecule has 1 aromatic carbocycles. The average molecular weight is 331 g/mol. The van der Waals surface area contributed by atoms with Crippen molar-refractivity contribution in [3.05, 3.63) is 47.9 Å². The normalized spacial score (nSPS) is 11.3. The zero-order valence-corrected chi connectivity index (χ0v) is 13.4. The summed E-state index contributed by atoms with van der Waals surface area (Å²) in [6, 6.07) is 11.5. The molecule has 0 bridgehead atoms. The Morgan fingerprint density at radius 3 is 3.05 bits per heavy atom. The number of rotatable bonds is 5. The molecule has 0 aliphatic rings. The van der Waals surface area contributed by atoms with Gasteiger partial charge in [0.1, 0.15) is 11.5 Å². The lowest BCUT2D eigenvalue weighted by molar-refractivity contribution is -0.118. The van der Waals surface area contributed by atoms with Gasteiger partial charge in [-0.2, -0.15) is 5.10 Å². The number of thioether (sulfide) groups is 1. The molecule has 1 N–H and O–H groups in total. The Labute approximate surface area is 135 Å². The van der Waals surface area contributed by atoms with Gasteiger partial charge in [-0.15, -0.1) is 11.3 Å². The van der Waals surface area contributed by atoms with Crippen molar-refractivity contribution in [3.8, 4) is 0 Å². The second-order valence-electron chi connectivity index (χ2n) is 4.48. The van der Waals surface area contributed by atoms with E-state index in [1.54, 1.807) is 17.4 Å². The molecule has 0 aliphatic carbocycles. The van der Waals surface area contributed by atoms with Crippen LogP contribution in [0.15, 0.2) is 50.3 Å². The number of hydrogen-bond donors (Lipinski definition) is 1. The van der Waals surface area contributed by atoms with Crippen LogP contribution in [0.2, 0.25) is 0 Å². The van der Waals surface area contributed by atoms with Crippen LogP contribution in [0.3, 0.4) is 0 Å². The van der Waals surface area contributed by atoms with Crippen LogP contribution in [0, 0.1) is 6.92 Å². The van der Waals surface area contributed by atoms with Crippen LogP contribution in [0.1, 0.15) is 11.5 Å². The van der Waals surface area contributed by atoms with Crippen molar-refractivity contribution in [1.29, 1.82) is 0 Å². The third-order valence-corrected chi connectivity index (χ3v) is 4.92. The van der Waals surface area contributed by atoms with Crippen LogP contribution in [0.4, 0.5) is 0 Å². The Morgan fingerprint density at radius 2 is 2.27 bits per heavy atom. The summed E-state index contributed by atoms with van der Waals surface area (Å²) in [6.07, 6.45) is 1.48. The smallest absolute Gasteiger partial charge is 0.250 e. The molecule has 0 saturated heterocycles. The number of nitrogens with one attached hydrogen (secondary N) is 1. The maximum atomic E-state index is 11.7. The number of hydrazone groups is 1. The number of furan rings is 1. The molecule has 3 aromatic rings. The summed E-state index contributed by atoms with van der Waals surface area (Å²) in [7, 11) is 0. The molecule has 22 heavy (non-hydrogen) atoms. The number of fused-ring (bicyclic) bond motifs is 1. The maximum Gasteiger partial charge on any atom is 0.250 e. The van der Waals surface area contributed by atoms with Crippen molar-refractivity contribution in [2.24, 2.45) is 5.10 Å². The first-order valence-electron chi connectivity index (χ1n) is 6.57. The van der Waals surface area contributed by atoms with E-state index in [-0.39, 0.29) is 11.7 Å². The highest BCUT2D eigenvalue weighted by molar-refractivity contribution is 8.01. The zero-order valence-electron chi connectivity index (χ0n) is 11.8. The summed E-state index contributed by atoms with van der Waals surface area (Å²) in [5.74, 6) is 1.51. The fourth-order valence-electron chi connectivity index (χ4n) is 1.76. The summed E-state index contributed by atoms with van der Waals surface area (Å²) in [5, 5.41) is 3.86. The fraction of sp³-hybridized carbons (Fsp3) is 0.133. The Balaban J connectivity index is 1.50. The quantitative estimate of drug-likeness (QED) is 0.442. The molecule has 3 rings (SSSR count). The fourth-order valence-corrected chi connectivity index (χ4v) is 3.62. The van der Waals surface area contributed by atoms with E-state index in [9.17, 15) is 4.79 Å². The van der Waals surface area contributed by atoms with Crippen molar-refractivity contribution in [2.75, 3.05) is 5.75 Å². The molecule has 112 valence electrons. The lowest BCUT2D eigenvalue weighted by Gasteiger charge is -1.96. The molecule has 0 unspecified atom stereocenters. The van der Waals surface area contributed by atoms with Crippen molar-refractivity contribution in [2.45, 2.75) is 11.3 Å². The van der Waals surface area contributed by atoms with Crippen LogP contribution in [-0.4, -0.2) is 22.9 Å². The van der Waals surface area contributed by atoms with E-state index in [2.05, 4.69) is 15.5 Å². The highest BCUT2D eigenvalue weighted by Gasteiger charge is 2.06. The van der Waals surface area contributed by atoms with Gasteiger partial charge in [0.05, 0.1) is 22.2 Å². The van der Waals surface area contributed by atoms with Crippen LogP contribution < -0.4 is 5.43 Å². The van der Waals surface area contributed by atoms with Crippen molar-refractivity contribution < 1.29 is 9.21 Å². The van der Waals surface area contributed by atoms with Crippen LogP contribution in [0.25, 0.3) is 10.2 Å². The molecule has 0 saturated carbocycles. The van der Waals surface area contributed by atoms with Gasteiger partial charge in [-0.3, -0.25) is 4.79 Å². The number of aryl methyl sites for hydroxylation is 1. The minimum atomic E-state index is -0.177. The predicted octanol–water partition coefficient (Wildman–Crippen LogP) is 3.44. The van der Waals surface area contributed by atoms with Gasteiger partial charge in [0.2, 0.25) is 0 Å². The van der Waals surface area contributed by atoms with E-state index in [1.165, 1.54) is 18.0 Å². The minimum absolute atomic E-state index is 0.177. The molecule has 0 radical (unpaired) electrons. The monoisotopic (exact) mass is 331 g/mol. The first-order valence-corrected chi connectivity index (χ1v) is 8.37. The highest BCUT2D eigenvalue weighted by Crippen LogP contribution is 2.28. The number of aromatic nitrogens is 1. The lowest BCUT2D eigenvalue weighted by atomic mass is 10.3. The number of carbonyl (C=O) groups is 1. The SMILES string of the molecule is Cc1ccc(/C=N\NC(=O)CSc2nc3ccccc3s2)o1. The Hall–Kier alpha value is -2.12. The summed E-state index contributed by atoms with van der Waals surface area (Å²) < 4.78 is 7.31. The molecule has 0 fully saturated rings. The largest absolute Gasteiger partial charge is 0.460 e. The molecule has 2 aromatic heterocycles. The van der Waals surface area contributed by atoms with Gasteiger partial charge >= 0.3 is 0 Å². The molecular formula is C15H13N3O2S2. The molecule has 0 atom stereocenters. The van der Waals surface area contributed by atoms with E-state index in [0.717, 1.165) is 20.3 Å². The van der Waals surface area contributed by atoms with E-state index >= 15 is 0 Å². The van der Waals surface area contributed by atoms with Crippen LogP contribution >= 0.6 is 23.1 Å². The molecule has 7 heteroatoms. The van der Waals surface area contributed by atoms with Gasteiger partial charge in [-0.1, -0.05) is 23.9 Å². The summed E-state index contributed by atoms with van der Waals surface area (Å²) in [5.41, 5.74) is 3.43. The number of thiazole rings is 1. The van der Waals surface area contributed by atoms with Crippen LogP contribution in [-0.2, 0) is 4.79 Å². The van der Waals surface area contributed by atoms with E-state index in [4.69, 9.17) is 4.42 Å². The Morgan fingerprint density at radius 1 is 1.41 bits per heavy atom. The summed E-state index contributed by atoms with van der Waals surface area (Å²) in [6.45, 7) is 1.85. The molecule has 2 heterocycles. The number of hydrogen-bond acceptors (Lipinski definition) is 6. The highest BCUT2D eigenvalue weighted by atomic mass is 32.2. The molecule has 5 nitrogen and oxygen atoms in total. The van der Waals surface area contributed by atoms with Gasteiger partial charge < -0.3 is 4.42 Å². The summed E-state index contributed by atoms with van der Waals surface area (Å²) in [4.78, 5) is 16.2. The van der Waals surface area contributed by atoms with E-state index in [0.29, 0.717) is 5.76 Å². The standard InChI is InChI=1S/C15H13N3O2S2/c1-10-6-7-11(20-10)8-16-18-14(19)9-21-15-17-12-4-2-3-5-13(12)22-15/h2-8H,9H2,1H3,(H,18,19)/b16-8-. The van der Waals surface area contributed by atoms with Gasteiger partial charge in [-0.05, 0) is 31.2 Å². The van der Waals surface area contributed by atoms with Crippen molar-refractivity contribution in [3.63, 3.8) is 0 Å². The zero-order chi connectivity index (χ0) is 15.4. The van der Waals surface area contributed by atoms with Crippen LogP contribution in [0.5, 0.6) is 0 Å². The number of nitrogens with zero attached hydrogens (tertiary/aromatic N) is 2. The molecule has 0 aliphatic heterocycles. The summed E-state index contributed by atoms with van der Waals surface area (Å²) >= 11 is 2.98. The van der Waals surface area contributed by atoms with Gasteiger partial charge in [-0.25, -0.2) is 10.4 Å². The number of carbonyl (C=O) groups excluding carboxylic acids is 1. The molecular weight excluding hydrogens is 318 g/mol.